The standard InChI is InChI=1S/C29H40N4O3/c30-26(34)23-6-9-32(10-7-23)18-19-3-1-4-24(14-19)31-27(35)25-5-2-8-33(25)28(36)29-15-20-11-21(16-29)13-22(12-20)17-29/h1,3-4,14,20-23,25H,2,5-13,15-18H2,(H2,30,34)(H,31,35)/t20?,21?,22?,25-,29?/m0/s1. The average molecular weight is 493 g/mol. The number of carbonyl (C=O) groups is 3. The molecule has 0 radical (unpaired) electrons. The first-order chi connectivity index (χ1) is 17.4. The summed E-state index contributed by atoms with van der Waals surface area (Å²) >= 11 is 0. The van der Waals surface area contributed by atoms with Gasteiger partial charge in [0.2, 0.25) is 17.7 Å². The number of amides is 3. The number of primary amides is 1. The van der Waals surface area contributed by atoms with E-state index in [2.05, 4.69) is 16.3 Å². The van der Waals surface area contributed by atoms with Gasteiger partial charge in [0, 0.05) is 24.7 Å². The van der Waals surface area contributed by atoms with Crippen LogP contribution in [0.3, 0.4) is 0 Å². The lowest BCUT2D eigenvalue weighted by atomic mass is 9.49. The van der Waals surface area contributed by atoms with Gasteiger partial charge in [-0.2, -0.15) is 0 Å². The lowest BCUT2D eigenvalue weighted by molar-refractivity contribution is -0.160. The smallest absolute Gasteiger partial charge is 0.247 e. The molecule has 1 atom stereocenters. The van der Waals surface area contributed by atoms with Crippen LogP contribution in [0.5, 0.6) is 0 Å². The van der Waals surface area contributed by atoms with Gasteiger partial charge >= 0.3 is 0 Å². The highest BCUT2D eigenvalue weighted by atomic mass is 16.2. The second-order valence-corrected chi connectivity index (χ2v) is 12.5. The van der Waals surface area contributed by atoms with Crippen LogP contribution in [-0.2, 0) is 20.9 Å². The second-order valence-electron chi connectivity index (χ2n) is 12.5. The van der Waals surface area contributed by atoms with Crippen LogP contribution in [0.4, 0.5) is 5.69 Å². The monoisotopic (exact) mass is 492 g/mol. The fourth-order valence-electron chi connectivity index (χ4n) is 8.57. The third-order valence-corrected chi connectivity index (χ3v) is 9.90. The molecule has 2 saturated heterocycles. The minimum Gasteiger partial charge on any atom is -0.369 e. The zero-order valence-corrected chi connectivity index (χ0v) is 21.3. The van der Waals surface area contributed by atoms with Crippen LogP contribution < -0.4 is 11.1 Å². The molecule has 36 heavy (non-hydrogen) atoms. The zero-order valence-electron chi connectivity index (χ0n) is 21.3. The Hall–Kier alpha value is -2.41. The molecule has 3 N–H and O–H groups in total. The number of nitrogens with two attached hydrogens (primary N) is 1. The van der Waals surface area contributed by atoms with Gasteiger partial charge in [-0.3, -0.25) is 19.3 Å². The van der Waals surface area contributed by atoms with Gasteiger partial charge < -0.3 is 16.0 Å². The number of nitrogens with one attached hydrogen (secondary N) is 1. The number of benzene rings is 1. The molecule has 2 aliphatic heterocycles. The summed E-state index contributed by atoms with van der Waals surface area (Å²) in [6.45, 7) is 3.20. The molecule has 4 saturated carbocycles. The maximum absolute atomic E-state index is 13.9. The molecule has 0 unspecified atom stereocenters. The van der Waals surface area contributed by atoms with Crippen LogP contribution in [0.25, 0.3) is 0 Å². The van der Waals surface area contributed by atoms with E-state index in [1.807, 2.05) is 23.1 Å². The van der Waals surface area contributed by atoms with Gasteiger partial charge in [-0.1, -0.05) is 12.1 Å². The maximum atomic E-state index is 13.9. The molecule has 2 heterocycles. The highest BCUT2D eigenvalue weighted by molar-refractivity contribution is 5.98. The number of hydrogen-bond donors (Lipinski definition) is 2. The van der Waals surface area contributed by atoms with E-state index >= 15 is 0 Å². The first-order valence-electron chi connectivity index (χ1n) is 14.1. The summed E-state index contributed by atoms with van der Waals surface area (Å²) in [5, 5.41) is 3.13. The molecule has 4 aliphatic carbocycles. The minimum atomic E-state index is -0.359. The topological polar surface area (TPSA) is 95.7 Å². The van der Waals surface area contributed by atoms with Crippen molar-refractivity contribution in [1.29, 1.82) is 0 Å². The summed E-state index contributed by atoms with van der Waals surface area (Å²) in [7, 11) is 0. The molecule has 0 spiro atoms. The summed E-state index contributed by atoms with van der Waals surface area (Å²) < 4.78 is 0. The number of hydrogen-bond acceptors (Lipinski definition) is 4. The van der Waals surface area contributed by atoms with E-state index in [1.165, 1.54) is 19.3 Å². The summed E-state index contributed by atoms with van der Waals surface area (Å²) in [4.78, 5) is 43.0. The molecule has 7 rings (SSSR count). The molecule has 6 aliphatic rings. The van der Waals surface area contributed by atoms with Crippen LogP contribution in [0, 0.1) is 29.1 Å². The lowest BCUT2D eigenvalue weighted by Crippen LogP contribution is -2.56. The maximum Gasteiger partial charge on any atom is 0.247 e. The van der Waals surface area contributed by atoms with E-state index in [4.69, 9.17) is 5.73 Å². The van der Waals surface area contributed by atoms with Gasteiger partial charge in [0.05, 0.1) is 5.41 Å². The fraction of sp³-hybridized carbons (Fsp3) is 0.690. The van der Waals surface area contributed by atoms with Crippen molar-refractivity contribution in [3.8, 4) is 0 Å². The second kappa shape index (κ2) is 9.47. The Morgan fingerprint density at radius 1 is 0.944 bits per heavy atom. The third kappa shape index (κ3) is 4.55. The van der Waals surface area contributed by atoms with Crippen molar-refractivity contribution in [1.82, 2.24) is 9.80 Å². The van der Waals surface area contributed by atoms with E-state index in [0.717, 1.165) is 93.6 Å². The van der Waals surface area contributed by atoms with Crippen molar-refractivity contribution >= 4 is 23.4 Å². The molecule has 6 fully saturated rings. The lowest BCUT2D eigenvalue weighted by Gasteiger charge is -2.56. The summed E-state index contributed by atoms with van der Waals surface area (Å²) in [6.07, 6.45) is 10.3. The highest BCUT2D eigenvalue weighted by Crippen LogP contribution is 2.60. The summed E-state index contributed by atoms with van der Waals surface area (Å²) in [5.74, 6) is 2.18. The molecule has 194 valence electrons. The molecule has 7 nitrogen and oxygen atoms in total. The first kappa shape index (κ1) is 24.0. The Bertz CT molecular complexity index is 996. The van der Waals surface area contributed by atoms with Crippen LogP contribution in [-0.4, -0.2) is 53.2 Å². The van der Waals surface area contributed by atoms with Crippen LogP contribution in [0.1, 0.15) is 69.8 Å². The normalized spacial score (nSPS) is 34.2. The van der Waals surface area contributed by atoms with Gasteiger partial charge in [-0.05, 0) is 113 Å². The van der Waals surface area contributed by atoms with Gasteiger partial charge in [0.25, 0.3) is 0 Å². The molecule has 7 heteroatoms. The minimum absolute atomic E-state index is 0.0117. The summed E-state index contributed by atoms with van der Waals surface area (Å²) in [6, 6.07) is 7.67. The Kier molecular flexibility index (Phi) is 6.30. The predicted octanol–water partition coefficient (Wildman–Crippen LogP) is 3.53. The van der Waals surface area contributed by atoms with E-state index in [0.29, 0.717) is 6.54 Å². The number of piperidine rings is 1. The van der Waals surface area contributed by atoms with Crippen LogP contribution >= 0.6 is 0 Å². The van der Waals surface area contributed by atoms with Crippen LogP contribution in [0.15, 0.2) is 24.3 Å². The zero-order chi connectivity index (χ0) is 24.9. The Labute approximate surface area is 214 Å². The molecule has 1 aromatic rings. The van der Waals surface area contributed by atoms with E-state index in [-0.39, 0.29) is 35.1 Å². The van der Waals surface area contributed by atoms with Crippen molar-refractivity contribution in [2.45, 2.75) is 76.8 Å². The number of carbonyl (C=O) groups excluding carboxylic acids is 3. The summed E-state index contributed by atoms with van der Waals surface area (Å²) in [5.41, 5.74) is 7.20. The molecule has 4 bridgehead atoms. The molecule has 3 amide bonds. The van der Waals surface area contributed by atoms with E-state index in [1.54, 1.807) is 0 Å². The first-order valence-corrected chi connectivity index (χ1v) is 14.1. The fourth-order valence-corrected chi connectivity index (χ4v) is 8.57. The van der Waals surface area contributed by atoms with Crippen molar-refractivity contribution in [3.63, 3.8) is 0 Å². The van der Waals surface area contributed by atoms with Crippen molar-refractivity contribution in [3.05, 3.63) is 29.8 Å². The predicted molar refractivity (Wildman–Crippen MR) is 138 cm³/mol. The van der Waals surface area contributed by atoms with Gasteiger partial charge in [-0.25, -0.2) is 0 Å². The Morgan fingerprint density at radius 2 is 1.61 bits per heavy atom. The van der Waals surface area contributed by atoms with E-state index < -0.39 is 0 Å². The Balaban J connectivity index is 1.09. The third-order valence-electron chi connectivity index (χ3n) is 9.90. The van der Waals surface area contributed by atoms with Gasteiger partial charge in [-0.15, -0.1) is 0 Å². The van der Waals surface area contributed by atoms with E-state index in [9.17, 15) is 14.4 Å². The largest absolute Gasteiger partial charge is 0.369 e. The quantitative estimate of drug-likeness (QED) is 0.635. The molecular weight excluding hydrogens is 452 g/mol. The number of rotatable bonds is 6. The average Bonchev–Trinajstić information content (AvgIpc) is 3.33. The molecular formula is C29H40N4O3. The molecule has 1 aromatic carbocycles. The molecule has 0 aromatic heterocycles. The van der Waals surface area contributed by atoms with Gasteiger partial charge in [0.1, 0.15) is 6.04 Å². The highest BCUT2D eigenvalue weighted by Gasteiger charge is 2.56. The number of likely N-dealkylation sites (tertiary alicyclic amines) is 2. The van der Waals surface area contributed by atoms with Crippen molar-refractivity contribution in [2.24, 2.45) is 34.8 Å². The SMILES string of the molecule is NC(=O)C1CCN(Cc2cccc(NC(=O)[C@@H]3CCCN3C(=O)C34CC5CC(CC(C5)C3)C4)c2)CC1. The van der Waals surface area contributed by atoms with Gasteiger partial charge in [0.15, 0.2) is 0 Å². The van der Waals surface area contributed by atoms with Crippen LogP contribution in [0.2, 0.25) is 0 Å². The van der Waals surface area contributed by atoms with Crippen molar-refractivity contribution < 1.29 is 14.4 Å². The number of anilines is 1. The number of nitrogens with zero attached hydrogens (tertiary/aromatic N) is 2. The van der Waals surface area contributed by atoms with Crippen molar-refractivity contribution in [2.75, 3.05) is 25.0 Å². The Morgan fingerprint density at radius 3 is 2.25 bits per heavy atom.